The fourth-order valence-corrected chi connectivity index (χ4v) is 4.87. The number of hydrogen-bond acceptors (Lipinski definition) is 4. The van der Waals surface area contributed by atoms with Gasteiger partial charge >= 0.3 is 0 Å². The van der Waals surface area contributed by atoms with Crippen molar-refractivity contribution in [3.63, 3.8) is 0 Å². The highest BCUT2D eigenvalue weighted by Crippen LogP contribution is 2.22. The summed E-state index contributed by atoms with van der Waals surface area (Å²) in [5, 5.41) is 2.86. The molecule has 0 unspecified atom stereocenters. The fourth-order valence-electron chi connectivity index (χ4n) is 3.34. The largest absolute Gasteiger partial charge is 0.378 e. The van der Waals surface area contributed by atoms with Gasteiger partial charge in [-0.1, -0.05) is 31.9 Å². The van der Waals surface area contributed by atoms with Gasteiger partial charge in [-0.15, -0.1) is 0 Å². The Morgan fingerprint density at radius 2 is 1.92 bits per heavy atom. The number of nitrogens with one attached hydrogen (secondary N) is 1. The quantitative estimate of drug-likeness (QED) is 0.775. The molecule has 1 aromatic carbocycles. The zero-order chi connectivity index (χ0) is 17.9. The summed E-state index contributed by atoms with van der Waals surface area (Å²) in [4.78, 5) is 12.4. The average molecular weight is 366 g/mol. The lowest BCUT2D eigenvalue weighted by molar-refractivity contribution is -0.125. The number of carbonyl (C=O) groups is 1. The molecule has 2 bridgehead atoms. The fraction of sp³-hybridized carbons (Fsp3) is 0.611. The molecule has 1 amide bonds. The van der Waals surface area contributed by atoms with Crippen LogP contribution in [0.15, 0.2) is 29.2 Å². The third-order valence-corrected chi connectivity index (χ3v) is 6.68. The normalized spacial score (nSPS) is 24.6. The molecule has 138 valence electrons. The van der Waals surface area contributed by atoms with Crippen molar-refractivity contribution in [3.8, 4) is 0 Å². The minimum atomic E-state index is -3.61. The van der Waals surface area contributed by atoms with Gasteiger partial charge in [0.1, 0.15) is 0 Å². The third-order valence-electron chi connectivity index (χ3n) is 4.83. The van der Waals surface area contributed by atoms with Crippen LogP contribution >= 0.6 is 0 Å². The Kier molecular flexibility index (Phi) is 5.76. The van der Waals surface area contributed by atoms with E-state index in [1.54, 1.807) is 12.1 Å². The lowest BCUT2D eigenvalue weighted by atomic mass is 10.1. The van der Waals surface area contributed by atoms with Crippen LogP contribution in [0.2, 0.25) is 0 Å². The standard InChI is InChI=1S/C18H26N2O4S/c1-2-3-4-5-14-6-8-17(9-7-14)25(22,23)20-10-15-12-24-13-16(11-20)19-18(15)21/h6-9,15-16H,2-5,10-13H2,1H3,(H,19,21)/t15-,16+/m1/s1. The zero-order valence-electron chi connectivity index (χ0n) is 14.6. The summed E-state index contributed by atoms with van der Waals surface area (Å²) in [6, 6.07) is 6.87. The first kappa shape index (κ1) is 18.4. The molecule has 2 atom stereocenters. The van der Waals surface area contributed by atoms with Crippen LogP contribution in [0.5, 0.6) is 0 Å². The number of unbranched alkanes of at least 4 members (excludes halogenated alkanes) is 2. The van der Waals surface area contributed by atoms with Crippen molar-refractivity contribution < 1.29 is 17.9 Å². The van der Waals surface area contributed by atoms with E-state index in [1.165, 1.54) is 17.1 Å². The summed E-state index contributed by atoms with van der Waals surface area (Å²) in [6.45, 7) is 3.21. The number of rotatable bonds is 6. The molecule has 25 heavy (non-hydrogen) atoms. The highest BCUT2D eigenvalue weighted by Gasteiger charge is 2.38. The van der Waals surface area contributed by atoms with E-state index >= 15 is 0 Å². The Morgan fingerprint density at radius 1 is 1.16 bits per heavy atom. The van der Waals surface area contributed by atoms with Crippen molar-refractivity contribution in [2.24, 2.45) is 5.92 Å². The molecule has 0 saturated carbocycles. The van der Waals surface area contributed by atoms with E-state index in [-0.39, 0.29) is 31.6 Å². The van der Waals surface area contributed by atoms with Gasteiger partial charge in [-0.25, -0.2) is 8.42 Å². The zero-order valence-corrected chi connectivity index (χ0v) is 15.4. The molecule has 2 saturated heterocycles. The van der Waals surface area contributed by atoms with Crippen molar-refractivity contribution >= 4 is 15.9 Å². The van der Waals surface area contributed by atoms with Crippen LogP contribution in [0.1, 0.15) is 31.7 Å². The van der Waals surface area contributed by atoms with Gasteiger partial charge in [0.25, 0.3) is 0 Å². The van der Waals surface area contributed by atoms with Crippen molar-refractivity contribution in [2.45, 2.75) is 43.5 Å². The number of hydrogen-bond donors (Lipinski definition) is 1. The molecule has 3 rings (SSSR count). The minimum absolute atomic E-state index is 0.119. The first-order chi connectivity index (χ1) is 12.0. The molecule has 2 aliphatic heterocycles. The van der Waals surface area contributed by atoms with Gasteiger partial charge in [0, 0.05) is 13.1 Å². The monoisotopic (exact) mass is 366 g/mol. The van der Waals surface area contributed by atoms with Crippen LogP contribution in [-0.2, 0) is 26.0 Å². The molecule has 6 nitrogen and oxygen atoms in total. The molecular formula is C18H26N2O4S. The maximum Gasteiger partial charge on any atom is 0.243 e. The summed E-state index contributed by atoms with van der Waals surface area (Å²) < 4.78 is 32.9. The smallest absolute Gasteiger partial charge is 0.243 e. The van der Waals surface area contributed by atoms with Crippen LogP contribution in [-0.4, -0.2) is 51.0 Å². The van der Waals surface area contributed by atoms with E-state index in [0.717, 1.165) is 18.4 Å². The molecule has 0 aromatic heterocycles. The van der Waals surface area contributed by atoms with Crippen molar-refractivity contribution in [1.82, 2.24) is 9.62 Å². The van der Waals surface area contributed by atoms with Crippen LogP contribution in [0, 0.1) is 5.92 Å². The number of amides is 1. The first-order valence-corrected chi connectivity index (χ1v) is 10.4. The molecular weight excluding hydrogens is 340 g/mol. The highest BCUT2D eigenvalue weighted by atomic mass is 32.2. The summed E-state index contributed by atoms with van der Waals surface area (Å²) >= 11 is 0. The number of nitrogens with zero attached hydrogens (tertiary/aromatic N) is 1. The van der Waals surface area contributed by atoms with Gasteiger partial charge in [0.15, 0.2) is 0 Å². The molecule has 7 heteroatoms. The van der Waals surface area contributed by atoms with Gasteiger partial charge in [-0.2, -0.15) is 4.31 Å². The average Bonchev–Trinajstić information content (AvgIpc) is 2.84. The molecule has 0 aliphatic carbocycles. The van der Waals surface area contributed by atoms with Crippen LogP contribution in [0.4, 0.5) is 0 Å². The van der Waals surface area contributed by atoms with Gasteiger partial charge < -0.3 is 10.1 Å². The van der Waals surface area contributed by atoms with Crippen molar-refractivity contribution in [3.05, 3.63) is 29.8 Å². The third kappa shape index (κ3) is 4.22. The van der Waals surface area contributed by atoms with E-state index in [4.69, 9.17) is 4.74 Å². The first-order valence-electron chi connectivity index (χ1n) is 8.98. The lowest BCUT2D eigenvalue weighted by Crippen LogP contribution is -2.44. The Balaban J connectivity index is 1.75. The number of benzene rings is 1. The van der Waals surface area contributed by atoms with Gasteiger partial charge in [0.2, 0.25) is 15.9 Å². The van der Waals surface area contributed by atoms with Crippen LogP contribution < -0.4 is 5.32 Å². The van der Waals surface area contributed by atoms with Gasteiger partial charge in [-0.3, -0.25) is 4.79 Å². The Labute approximate surface area is 149 Å². The van der Waals surface area contributed by atoms with Crippen molar-refractivity contribution in [2.75, 3.05) is 26.3 Å². The summed E-state index contributed by atoms with van der Waals surface area (Å²) in [6.07, 6.45) is 4.43. The molecule has 2 heterocycles. The second-order valence-electron chi connectivity index (χ2n) is 6.86. The molecule has 0 radical (unpaired) electrons. The molecule has 1 N–H and O–H groups in total. The van der Waals surface area contributed by atoms with Gasteiger partial charge in [-0.05, 0) is 30.5 Å². The minimum Gasteiger partial charge on any atom is -0.378 e. The Hall–Kier alpha value is -1.44. The van der Waals surface area contributed by atoms with E-state index < -0.39 is 15.9 Å². The Morgan fingerprint density at radius 3 is 2.64 bits per heavy atom. The second-order valence-corrected chi connectivity index (χ2v) is 8.80. The number of aryl methyl sites for hydroxylation is 1. The summed E-state index contributed by atoms with van der Waals surface area (Å²) in [5.41, 5.74) is 1.16. The van der Waals surface area contributed by atoms with Crippen LogP contribution in [0.3, 0.4) is 0 Å². The van der Waals surface area contributed by atoms with Crippen molar-refractivity contribution in [1.29, 1.82) is 0 Å². The van der Waals surface area contributed by atoms with E-state index in [0.29, 0.717) is 11.5 Å². The maximum absolute atomic E-state index is 13.0. The summed E-state index contributed by atoms with van der Waals surface area (Å²) in [5.74, 6) is -0.568. The molecule has 2 aliphatic rings. The molecule has 2 fully saturated rings. The van der Waals surface area contributed by atoms with E-state index in [9.17, 15) is 13.2 Å². The predicted molar refractivity (Wildman–Crippen MR) is 94.7 cm³/mol. The topological polar surface area (TPSA) is 75.7 Å². The maximum atomic E-state index is 13.0. The number of carbonyl (C=O) groups excluding carboxylic acids is 1. The SMILES string of the molecule is CCCCCc1ccc(S(=O)(=O)N2C[C@H]3COC[C@@H](C2)C(=O)N3)cc1. The number of fused-ring (bicyclic) bond motifs is 3. The highest BCUT2D eigenvalue weighted by molar-refractivity contribution is 7.89. The van der Waals surface area contributed by atoms with Crippen LogP contribution in [0.25, 0.3) is 0 Å². The lowest BCUT2D eigenvalue weighted by Gasteiger charge is -2.27. The Bertz CT molecular complexity index is 702. The van der Waals surface area contributed by atoms with E-state index in [2.05, 4.69) is 12.2 Å². The predicted octanol–water partition coefficient (Wildman–Crippen LogP) is 1.55. The van der Waals surface area contributed by atoms with Gasteiger partial charge in [0.05, 0.1) is 30.1 Å². The van der Waals surface area contributed by atoms with E-state index in [1.807, 2.05) is 12.1 Å². The number of ether oxygens (including phenoxy) is 1. The second kappa shape index (κ2) is 7.85. The number of sulfonamides is 1. The molecule has 1 aromatic rings. The molecule has 0 spiro atoms. The summed E-state index contributed by atoms with van der Waals surface area (Å²) in [7, 11) is -3.61.